The Morgan fingerprint density at radius 1 is 1.23 bits per heavy atom. The van der Waals surface area contributed by atoms with Crippen molar-refractivity contribution in [3.05, 3.63) is 29.8 Å². The summed E-state index contributed by atoms with van der Waals surface area (Å²) in [6.07, 6.45) is -7.07. The second-order valence-electron chi connectivity index (χ2n) is 6.71. The quantitative estimate of drug-likeness (QED) is 0.825. The predicted octanol–water partition coefficient (Wildman–Crippen LogP) is 2.67. The molecule has 142 valence electrons. The van der Waals surface area contributed by atoms with Crippen LogP contribution in [-0.4, -0.2) is 48.9 Å². The van der Waals surface area contributed by atoms with Gasteiger partial charge in [-0.3, -0.25) is 9.59 Å². The first-order valence-electron chi connectivity index (χ1n) is 8.22. The zero-order valence-corrected chi connectivity index (χ0v) is 13.8. The van der Waals surface area contributed by atoms with Crippen molar-refractivity contribution < 1.29 is 31.9 Å². The predicted molar refractivity (Wildman–Crippen MR) is 83.2 cm³/mol. The highest BCUT2D eigenvalue weighted by molar-refractivity contribution is 5.97. The highest BCUT2D eigenvalue weighted by Crippen LogP contribution is 2.38. The van der Waals surface area contributed by atoms with Crippen LogP contribution in [0.1, 0.15) is 29.6 Å². The Hall–Kier alpha value is -2.32. The van der Waals surface area contributed by atoms with Crippen LogP contribution < -0.4 is 10.1 Å². The fourth-order valence-corrected chi connectivity index (χ4v) is 3.38. The molecule has 26 heavy (non-hydrogen) atoms. The number of para-hydroxylation sites is 1. The third-order valence-corrected chi connectivity index (χ3v) is 4.92. The normalized spacial score (nSPS) is 19.7. The zero-order chi connectivity index (χ0) is 18.9. The van der Waals surface area contributed by atoms with Crippen LogP contribution in [0.25, 0.3) is 0 Å². The molecule has 1 spiro atoms. The fraction of sp³-hybridized carbons (Fsp3) is 0.529. The van der Waals surface area contributed by atoms with Crippen molar-refractivity contribution in [1.82, 2.24) is 10.2 Å². The molecular weight excluding hydrogens is 356 g/mol. The minimum Gasteiger partial charge on any atom is -0.427 e. The molecule has 0 radical (unpaired) electrons. The highest BCUT2D eigenvalue weighted by Gasteiger charge is 2.45. The summed E-state index contributed by atoms with van der Waals surface area (Å²) in [6, 6.07) is 5.11. The van der Waals surface area contributed by atoms with Crippen LogP contribution >= 0.6 is 0 Å². The summed E-state index contributed by atoms with van der Waals surface area (Å²) in [5.41, 5.74) is -0.364. The number of likely N-dealkylation sites (tertiary alicyclic amines) is 1. The smallest absolute Gasteiger partial charge is 0.427 e. The third kappa shape index (κ3) is 3.61. The van der Waals surface area contributed by atoms with Crippen LogP contribution in [0.5, 0.6) is 5.75 Å². The van der Waals surface area contributed by atoms with Crippen LogP contribution in [0.3, 0.4) is 0 Å². The van der Waals surface area contributed by atoms with Crippen molar-refractivity contribution in [3.63, 3.8) is 0 Å². The van der Waals surface area contributed by atoms with Crippen molar-refractivity contribution >= 4 is 11.8 Å². The number of nitrogens with one attached hydrogen (secondary N) is 1. The summed E-state index contributed by atoms with van der Waals surface area (Å²) >= 11 is 0. The second kappa shape index (κ2) is 6.77. The van der Waals surface area contributed by atoms with Crippen molar-refractivity contribution in [2.75, 3.05) is 19.6 Å². The van der Waals surface area contributed by atoms with E-state index in [1.165, 1.54) is 23.1 Å². The molecule has 1 N–H and O–H groups in total. The molecule has 1 aromatic carbocycles. The Morgan fingerprint density at radius 2 is 1.88 bits per heavy atom. The van der Waals surface area contributed by atoms with Gasteiger partial charge in [0.2, 0.25) is 5.91 Å². The molecule has 0 bridgehead atoms. The van der Waals surface area contributed by atoms with E-state index >= 15 is 0 Å². The highest BCUT2D eigenvalue weighted by atomic mass is 19.3. The number of carbonyl (C=O) groups is 2. The largest absolute Gasteiger partial charge is 0.461 e. The number of rotatable bonds is 4. The number of hydrogen-bond donors (Lipinski definition) is 1. The molecule has 2 saturated heterocycles. The molecule has 2 amide bonds. The summed E-state index contributed by atoms with van der Waals surface area (Å²) in [4.78, 5) is 25.6. The molecule has 3 rings (SSSR count). The first-order chi connectivity index (χ1) is 12.2. The number of alkyl halides is 4. The summed E-state index contributed by atoms with van der Waals surface area (Å²) in [7, 11) is 0. The maximum Gasteiger partial charge on any atom is 0.461 e. The number of benzene rings is 1. The molecule has 5 nitrogen and oxygen atoms in total. The van der Waals surface area contributed by atoms with Crippen LogP contribution in [0.2, 0.25) is 0 Å². The van der Waals surface area contributed by atoms with Gasteiger partial charge in [0.25, 0.3) is 5.91 Å². The molecule has 2 aliphatic rings. The number of ether oxygens (including phenoxy) is 1. The molecular formula is C17H18F4N2O3. The van der Waals surface area contributed by atoms with Gasteiger partial charge in [0.15, 0.2) is 0 Å². The molecule has 0 saturated carbocycles. The first-order valence-corrected chi connectivity index (χ1v) is 8.22. The van der Waals surface area contributed by atoms with Gasteiger partial charge in [-0.15, -0.1) is 0 Å². The van der Waals surface area contributed by atoms with Gasteiger partial charge in [-0.2, -0.15) is 17.6 Å². The van der Waals surface area contributed by atoms with E-state index in [0.29, 0.717) is 38.9 Å². The number of halogens is 4. The van der Waals surface area contributed by atoms with Crippen molar-refractivity contribution in [2.24, 2.45) is 5.41 Å². The summed E-state index contributed by atoms with van der Waals surface area (Å²) < 4.78 is 55.3. The lowest BCUT2D eigenvalue weighted by Crippen LogP contribution is -2.44. The Labute approximate surface area is 147 Å². The van der Waals surface area contributed by atoms with Crippen LogP contribution in [0.4, 0.5) is 17.6 Å². The van der Waals surface area contributed by atoms with Gasteiger partial charge in [0.1, 0.15) is 5.75 Å². The number of nitrogens with zero attached hydrogens (tertiary/aromatic N) is 1. The average molecular weight is 374 g/mol. The van der Waals surface area contributed by atoms with Crippen LogP contribution in [-0.2, 0) is 4.79 Å². The molecule has 0 unspecified atom stereocenters. The SMILES string of the molecule is O=C1CC2(CCN(C(=O)c3ccccc3OC(F)(F)C(F)F)CC2)CN1. The molecule has 0 aliphatic carbocycles. The summed E-state index contributed by atoms with van der Waals surface area (Å²) in [5.74, 6) is -1.16. The molecule has 0 aromatic heterocycles. The van der Waals surface area contributed by atoms with Gasteiger partial charge in [-0.25, -0.2) is 0 Å². The first kappa shape index (κ1) is 18.5. The molecule has 1 aromatic rings. The minimum absolute atomic E-state index is 0.0160. The Balaban J connectivity index is 1.72. The Morgan fingerprint density at radius 3 is 2.46 bits per heavy atom. The maximum atomic E-state index is 13.2. The molecule has 0 atom stereocenters. The van der Waals surface area contributed by atoms with Gasteiger partial charge >= 0.3 is 12.5 Å². The minimum atomic E-state index is -4.68. The van der Waals surface area contributed by atoms with Crippen molar-refractivity contribution in [1.29, 1.82) is 0 Å². The van der Waals surface area contributed by atoms with E-state index in [1.807, 2.05) is 0 Å². The van der Waals surface area contributed by atoms with Gasteiger partial charge in [-0.05, 0) is 30.4 Å². The summed E-state index contributed by atoms with van der Waals surface area (Å²) in [6.45, 7) is 1.27. The van der Waals surface area contributed by atoms with E-state index in [1.54, 1.807) is 0 Å². The van der Waals surface area contributed by atoms with Crippen molar-refractivity contribution in [3.8, 4) is 5.75 Å². The lowest BCUT2D eigenvalue weighted by atomic mass is 9.77. The third-order valence-electron chi connectivity index (χ3n) is 4.92. The number of amides is 2. The van der Waals surface area contributed by atoms with E-state index < -0.39 is 24.2 Å². The number of carbonyl (C=O) groups excluding carboxylic acids is 2. The summed E-state index contributed by atoms with van der Waals surface area (Å²) in [5, 5.41) is 2.78. The van der Waals surface area contributed by atoms with Gasteiger partial charge in [0.05, 0.1) is 5.56 Å². The van der Waals surface area contributed by atoms with E-state index in [4.69, 9.17) is 0 Å². The molecule has 9 heteroatoms. The zero-order valence-electron chi connectivity index (χ0n) is 13.8. The molecule has 2 fully saturated rings. The monoisotopic (exact) mass is 374 g/mol. The van der Waals surface area contributed by atoms with Gasteiger partial charge in [0, 0.05) is 26.1 Å². The molecule has 2 heterocycles. The van der Waals surface area contributed by atoms with Crippen LogP contribution in [0.15, 0.2) is 24.3 Å². The standard InChI is InChI=1S/C17H18F4N2O3/c18-15(19)17(20,21)26-12-4-2-1-3-11(12)14(25)23-7-5-16(6-8-23)9-13(24)22-10-16/h1-4,15H,5-10H2,(H,22,24). The lowest BCUT2D eigenvalue weighted by molar-refractivity contribution is -0.253. The lowest BCUT2D eigenvalue weighted by Gasteiger charge is -2.38. The van der Waals surface area contributed by atoms with Gasteiger partial charge < -0.3 is 15.0 Å². The maximum absolute atomic E-state index is 13.2. The van der Waals surface area contributed by atoms with E-state index in [0.717, 1.165) is 6.07 Å². The van der Waals surface area contributed by atoms with Gasteiger partial charge in [-0.1, -0.05) is 12.1 Å². The molecule has 2 aliphatic heterocycles. The van der Waals surface area contributed by atoms with Crippen LogP contribution in [0, 0.1) is 5.41 Å². The fourth-order valence-electron chi connectivity index (χ4n) is 3.38. The number of hydrogen-bond acceptors (Lipinski definition) is 3. The second-order valence-corrected chi connectivity index (χ2v) is 6.71. The van der Waals surface area contributed by atoms with E-state index in [2.05, 4.69) is 10.1 Å². The topological polar surface area (TPSA) is 58.6 Å². The average Bonchev–Trinajstić information content (AvgIpc) is 2.95. The van der Waals surface area contributed by atoms with E-state index in [9.17, 15) is 27.2 Å². The number of piperidine rings is 1. The van der Waals surface area contributed by atoms with E-state index in [-0.39, 0.29) is 16.9 Å². The Bertz CT molecular complexity index is 703. The van der Waals surface area contributed by atoms with Crippen molar-refractivity contribution in [2.45, 2.75) is 31.8 Å². The Kier molecular flexibility index (Phi) is 4.81.